The second kappa shape index (κ2) is 7.95. The smallest absolute Gasteiger partial charge is 0.369 e. The average Bonchev–Trinajstić information content (AvgIpc) is 2.52. The Kier molecular flexibility index (Phi) is 6.28. The van der Waals surface area contributed by atoms with Gasteiger partial charge in [-0.05, 0) is 18.2 Å². The van der Waals surface area contributed by atoms with Gasteiger partial charge in [-0.15, -0.1) is 0 Å². The van der Waals surface area contributed by atoms with Crippen LogP contribution in [-0.2, 0) is 21.8 Å². The summed E-state index contributed by atoms with van der Waals surface area (Å²) in [6.45, 7) is 0. The summed E-state index contributed by atoms with van der Waals surface area (Å²) >= 11 is 0. The fourth-order valence-electron chi connectivity index (χ4n) is 1.67. The van der Waals surface area contributed by atoms with E-state index in [1.54, 1.807) is 6.07 Å². The Morgan fingerprint density at radius 1 is 0.917 bits per heavy atom. The normalized spacial score (nSPS) is 10.4. The van der Waals surface area contributed by atoms with Crippen molar-refractivity contribution in [2.24, 2.45) is 0 Å². The maximum Gasteiger partial charge on any atom is 0.369 e. The van der Waals surface area contributed by atoms with Crippen molar-refractivity contribution in [1.29, 1.82) is 0 Å². The van der Waals surface area contributed by atoms with Gasteiger partial charge in [-0.2, -0.15) is 0 Å². The van der Waals surface area contributed by atoms with Gasteiger partial charge in [0.2, 0.25) is 0 Å². The first kappa shape index (κ1) is 18.9. The number of carboxylic acids is 2. The van der Waals surface area contributed by atoms with Crippen LogP contribution < -0.4 is 0 Å². The van der Waals surface area contributed by atoms with Crippen LogP contribution in [0, 0.1) is 0 Å². The predicted octanol–water partition coefficient (Wildman–Crippen LogP) is 0.634. The van der Waals surface area contributed by atoms with Crippen LogP contribution in [0.1, 0.15) is 11.1 Å². The molecule has 2 aromatic rings. The van der Waals surface area contributed by atoms with E-state index in [1.807, 2.05) is 0 Å². The molecule has 0 aromatic heterocycles. The van der Waals surface area contributed by atoms with Gasteiger partial charge in [-0.25, -0.2) is 4.79 Å². The van der Waals surface area contributed by atoms with Gasteiger partial charge in [0, 0.05) is 11.1 Å². The highest BCUT2D eigenvalue weighted by molar-refractivity contribution is 5.76. The van der Waals surface area contributed by atoms with Gasteiger partial charge in [0.1, 0.15) is 11.5 Å². The molecule has 0 fully saturated rings. The summed E-state index contributed by atoms with van der Waals surface area (Å²) in [7, 11) is 0. The number of aliphatic hydroxyl groups is 2. The minimum Gasteiger partial charge on any atom is -0.508 e. The highest BCUT2D eigenvalue weighted by atomic mass is 16.5. The molecule has 24 heavy (non-hydrogen) atoms. The van der Waals surface area contributed by atoms with Crippen LogP contribution in [0.5, 0.6) is 11.5 Å². The second-order valence-corrected chi connectivity index (χ2v) is 4.73. The van der Waals surface area contributed by atoms with Crippen molar-refractivity contribution in [1.82, 2.24) is 0 Å². The number of aliphatic carboxylic acids is 2. The van der Waals surface area contributed by atoms with E-state index < -0.39 is 17.7 Å². The van der Waals surface area contributed by atoms with Crippen molar-refractivity contribution in [3.8, 4) is 11.5 Å². The molecule has 0 aliphatic heterocycles. The highest BCUT2D eigenvalue weighted by Crippen LogP contribution is 2.22. The van der Waals surface area contributed by atoms with Gasteiger partial charge in [-0.1, -0.05) is 30.3 Å². The maximum atomic E-state index is 10.3. The van der Waals surface area contributed by atoms with E-state index in [1.165, 1.54) is 42.5 Å². The summed E-state index contributed by atoms with van der Waals surface area (Å²) in [5, 5.41) is 52.9. The molecule has 6 N–H and O–H groups in total. The summed E-state index contributed by atoms with van der Waals surface area (Å²) in [5.41, 5.74) is 0.153. The zero-order valence-corrected chi connectivity index (χ0v) is 12.3. The molecule has 0 radical (unpaired) electrons. The number of hydrogen-bond donors (Lipinski definition) is 6. The molecule has 0 amide bonds. The third-order valence-electron chi connectivity index (χ3n) is 2.88. The van der Waals surface area contributed by atoms with Crippen LogP contribution in [0.15, 0.2) is 48.5 Å². The van der Waals surface area contributed by atoms with Gasteiger partial charge in [0.05, 0.1) is 6.42 Å². The van der Waals surface area contributed by atoms with Crippen LogP contribution >= 0.6 is 0 Å². The summed E-state index contributed by atoms with van der Waals surface area (Å²) in [5.74, 6) is -5.69. The predicted molar refractivity (Wildman–Crippen MR) is 81.3 cm³/mol. The quantitative estimate of drug-likeness (QED) is 0.351. The molecule has 0 aliphatic carbocycles. The van der Waals surface area contributed by atoms with Crippen LogP contribution in [0.3, 0.4) is 0 Å². The lowest BCUT2D eigenvalue weighted by Gasteiger charge is -2.15. The lowest BCUT2D eigenvalue weighted by Crippen LogP contribution is -2.34. The van der Waals surface area contributed by atoms with Crippen molar-refractivity contribution in [3.05, 3.63) is 59.7 Å². The molecule has 0 atom stereocenters. The fourth-order valence-corrected chi connectivity index (χ4v) is 1.67. The van der Waals surface area contributed by atoms with Gasteiger partial charge in [0.25, 0.3) is 5.79 Å². The average molecular weight is 336 g/mol. The Bertz CT molecular complexity index is 709. The van der Waals surface area contributed by atoms with E-state index >= 15 is 0 Å². The summed E-state index contributed by atoms with van der Waals surface area (Å²) in [6.07, 6.45) is -0.291. The third kappa shape index (κ3) is 5.27. The molecule has 0 heterocycles. The van der Waals surface area contributed by atoms with Crippen molar-refractivity contribution in [2.45, 2.75) is 12.2 Å². The van der Waals surface area contributed by atoms with Crippen LogP contribution in [-0.4, -0.2) is 42.6 Å². The first-order valence-electron chi connectivity index (χ1n) is 6.61. The van der Waals surface area contributed by atoms with E-state index in [0.29, 0.717) is 0 Å². The number of benzene rings is 2. The number of rotatable bonds is 4. The molecule has 0 spiro atoms. The fraction of sp³-hybridized carbons (Fsp3) is 0.125. The van der Waals surface area contributed by atoms with E-state index in [2.05, 4.69) is 0 Å². The molecular weight excluding hydrogens is 320 g/mol. The van der Waals surface area contributed by atoms with Gasteiger partial charge < -0.3 is 30.6 Å². The Morgan fingerprint density at radius 2 is 1.50 bits per heavy atom. The van der Waals surface area contributed by atoms with Gasteiger partial charge in [-0.3, -0.25) is 4.79 Å². The van der Waals surface area contributed by atoms with Gasteiger partial charge in [0.15, 0.2) is 0 Å². The van der Waals surface area contributed by atoms with E-state index in [9.17, 15) is 9.59 Å². The van der Waals surface area contributed by atoms with E-state index in [-0.39, 0.29) is 29.0 Å². The number of carboxylic acid groups (broad SMARTS) is 2. The molecule has 0 unspecified atom stereocenters. The van der Waals surface area contributed by atoms with Crippen molar-refractivity contribution < 1.29 is 40.2 Å². The number of carbonyl (C=O) groups is 2. The van der Waals surface area contributed by atoms with Crippen LogP contribution in [0.25, 0.3) is 0 Å². The lowest BCUT2D eigenvalue weighted by molar-refractivity contribution is -0.208. The first-order chi connectivity index (χ1) is 11.1. The molecule has 0 aliphatic rings. The number of aromatic hydroxyl groups is 2. The topological polar surface area (TPSA) is 156 Å². The van der Waals surface area contributed by atoms with Gasteiger partial charge >= 0.3 is 11.9 Å². The molecule has 128 valence electrons. The SMILES string of the molecule is O=C(O)C(O)(O)c1ccccc1.O=C(O)Cc1cc(O)ccc1O. The molecular formula is C16H16O8. The Hall–Kier alpha value is -3.10. The van der Waals surface area contributed by atoms with Crippen molar-refractivity contribution in [3.63, 3.8) is 0 Å². The third-order valence-corrected chi connectivity index (χ3v) is 2.88. The molecule has 2 aromatic carbocycles. The molecule has 8 nitrogen and oxygen atoms in total. The molecule has 8 heteroatoms. The van der Waals surface area contributed by atoms with Crippen molar-refractivity contribution >= 4 is 11.9 Å². The minimum atomic E-state index is -2.79. The Morgan fingerprint density at radius 3 is 2.00 bits per heavy atom. The van der Waals surface area contributed by atoms with Crippen LogP contribution in [0.4, 0.5) is 0 Å². The molecule has 0 saturated carbocycles. The van der Waals surface area contributed by atoms with E-state index in [0.717, 1.165) is 0 Å². The number of phenolic OH excluding ortho intramolecular Hbond substituents is 2. The zero-order valence-electron chi connectivity index (χ0n) is 12.3. The number of phenols is 2. The summed E-state index contributed by atoms with van der Waals surface area (Å²) in [6, 6.07) is 11.1. The van der Waals surface area contributed by atoms with Crippen molar-refractivity contribution in [2.75, 3.05) is 0 Å². The summed E-state index contributed by atoms with van der Waals surface area (Å²) in [4.78, 5) is 20.6. The largest absolute Gasteiger partial charge is 0.508 e. The maximum absolute atomic E-state index is 10.3. The Labute approximate surface area is 136 Å². The standard InChI is InChI=1S/2C8H8O4/c9-6-1-2-7(10)5(3-6)4-8(11)12;9-7(10)8(11,12)6-4-2-1-3-5-6/h1-3,9-10H,4H2,(H,11,12);1-5,11-12H,(H,9,10). The molecule has 2 rings (SSSR count). The zero-order chi connectivity index (χ0) is 18.3. The monoisotopic (exact) mass is 336 g/mol. The van der Waals surface area contributed by atoms with E-state index in [4.69, 9.17) is 30.6 Å². The second-order valence-electron chi connectivity index (χ2n) is 4.73. The lowest BCUT2D eigenvalue weighted by atomic mass is 10.1. The minimum absolute atomic E-state index is 0.0518. The number of hydrogen-bond acceptors (Lipinski definition) is 6. The molecule has 0 bridgehead atoms. The summed E-state index contributed by atoms with van der Waals surface area (Å²) < 4.78 is 0. The first-order valence-corrected chi connectivity index (χ1v) is 6.61. The molecule has 0 saturated heterocycles. The Balaban J connectivity index is 0.000000240. The highest BCUT2D eigenvalue weighted by Gasteiger charge is 2.34. The van der Waals surface area contributed by atoms with Crippen LogP contribution in [0.2, 0.25) is 0 Å².